The van der Waals surface area contributed by atoms with E-state index in [4.69, 9.17) is 18.6 Å². The smallest absolute Gasteiger partial charge is 0.195 e. The highest BCUT2D eigenvalue weighted by Gasteiger charge is 2.34. The second-order valence-corrected chi connectivity index (χ2v) is 10.7. The maximum atomic E-state index is 13.7. The largest absolute Gasteiger partial charge is 0.496 e. The van der Waals surface area contributed by atoms with Crippen LogP contribution in [0.1, 0.15) is 54.5 Å². The van der Waals surface area contributed by atoms with Gasteiger partial charge in [0, 0.05) is 22.1 Å². The molecule has 0 aliphatic rings. The van der Waals surface area contributed by atoms with Crippen molar-refractivity contribution in [2.24, 2.45) is 0 Å². The highest BCUT2D eigenvalue weighted by atomic mass is 16.5. The minimum atomic E-state index is 0.0455. The zero-order chi connectivity index (χ0) is 28.7. The Morgan fingerprint density at radius 3 is 1.77 bits per heavy atom. The average Bonchev–Trinajstić information content (AvgIpc) is 3.41. The summed E-state index contributed by atoms with van der Waals surface area (Å²) in [5, 5.41) is 0.853. The van der Waals surface area contributed by atoms with Crippen molar-refractivity contribution < 1.29 is 18.6 Å². The lowest BCUT2D eigenvalue weighted by Gasteiger charge is -2.14. The predicted molar refractivity (Wildman–Crippen MR) is 163 cm³/mol. The van der Waals surface area contributed by atoms with Crippen LogP contribution in [0.4, 0.5) is 0 Å². The number of furan rings is 1. The molecule has 0 saturated carbocycles. The van der Waals surface area contributed by atoms with Crippen LogP contribution in [0.25, 0.3) is 44.5 Å². The summed E-state index contributed by atoms with van der Waals surface area (Å²) in [5.74, 6) is 2.85. The molecule has 0 atom stereocenters. The van der Waals surface area contributed by atoms with Gasteiger partial charge in [-0.25, -0.2) is 0 Å². The summed E-state index contributed by atoms with van der Waals surface area (Å²) in [5.41, 5.74) is 10.3. The van der Waals surface area contributed by atoms with E-state index in [0.717, 1.165) is 92.7 Å². The normalized spacial score (nSPS) is 11.5. The fourth-order valence-electron chi connectivity index (χ4n) is 6.08. The molecular weight excluding hydrogens is 500 g/mol. The van der Waals surface area contributed by atoms with E-state index >= 15 is 0 Å². The molecule has 0 N–H and O–H groups in total. The maximum absolute atomic E-state index is 13.7. The summed E-state index contributed by atoms with van der Waals surface area (Å²) < 4.78 is 24.1. The zero-order valence-corrected chi connectivity index (χ0v) is 24.8. The Morgan fingerprint density at radius 1 is 0.650 bits per heavy atom. The highest BCUT2D eigenvalue weighted by molar-refractivity contribution is 6.11. The standard InChI is InChI=1S/C35H38O5/c1-9-11-22-15-28(39-8)25(18-27(22)38-7)35-31(24-17-26(37-6)23(12-10-2)16-29(24)40-35)33-32(34(33)36)30-20(4)13-19(3)14-21(30)5/h13-18H,9-12H2,1-8H3. The molecule has 40 heavy (non-hydrogen) atoms. The average molecular weight is 539 g/mol. The Bertz CT molecular complexity index is 1700. The van der Waals surface area contributed by atoms with Gasteiger partial charge in [0.2, 0.25) is 0 Å². The molecule has 1 aromatic heterocycles. The second-order valence-electron chi connectivity index (χ2n) is 10.7. The first-order valence-electron chi connectivity index (χ1n) is 14.0. The number of methoxy groups -OCH3 is 3. The van der Waals surface area contributed by atoms with Crippen LogP contribution in [-0.4, -0.2) is 21.3 Å². The van der Waals surface area contributed by atoms with Crippen LogP contribution < -0.4 is 19.6 Å². The van der Waals surface area contributed by atoms with Crippen LogP contribution in [0.5, 0.6) is 17.2 Å². The first kappa shape index (κ1) is 27.6. The fourth-order valence-corrected chi connectivity index (χ4v) is 6.08. The SMILES string of the molecule is CCCc1cc(OC)c(-c2oc3cc(CCC)c(OC)cc3c2-c2c(-c3c(C)cc(C)cc3C)c2=O)cc1OC. The van der Waals surface area contributed by atoms with Gasteiger partial charge in [-0.3, -0.25) is 4.79 Å². The Balaban J connectivity index is 1.84. The third kappa shape index (κ3) is 4.57. The number of hydrogen-bond acceptors (Lipinski definition) is 5. The van der Waals surface area contributed by atoms with E-state index in [2.05, 4.69) is 52.8 Å². The molecule has 5 heteroatoms. The lowest BCUT2D eigenvalue weighted by molar-refractivity contribution is 0.399. The highest BCUT2D eigenvalue weighted by Crippen LogP contribution is 2.51. The van der Waals surface area contributed by atoms with Crippen LogP contribution in [0.2, 0.25) is 0 Å². The second kappa shape index (κ2) is 10.9. The molecule has 0 unspecified atom stereocenters. The first-order valence-corrected chi connectivity index (χ1v) is 14.0. The quantitative estimate of drug-likeness (QED) is 0.178. The van der Waals surface area contributed by atoms with E-state index in [0.29, 0.717) is 17.1 Å². The number of rotatable bonds is 10. The molecule has 4 aromatic carbocycles. The third-order valence-electron chi connectivity index (χ3n) is 7.80. The van der Waals surface area contributed by atoms with E-state index in [1.165, 1.54) is 5.56 Å². The van der Waals surface area contributed by atoms with Gasteiger partial charge in [-0.2, -0.15) is 0 Å². The van der Waals surface area contributed by atoms with E-state index in [-0.39, 0.29) is 5.43 Å². The number of fused-ring (bicyclic) bond motifs is 1. The summed E-state index contributed by atoms with van der Waals surface area (Å²) >= 11 is 0. The molecule has 208 valence electrons. The Kier molecular flexibility index (Phi) is 7.50. The van der Waals surface area contributed by atoms with Gasteiger partial charge in [0.15, 0.2) is 5.43 Å². The fraction of sp³-hybridized carbons (Fsp3) is 0.343. The summed E-state index contributed by atoms with van der Waals surface area (Å²) in [6.45, 7) is 10.5. The lowest BCUT2D eigenvalue weighted by atomic mass is 9.95. The van der Waals surface area contributed by atoms with Crippen molar-refractivity contribution in [3.63, 3.8) is 0 Å². The molecule has 5 aromatic rings. The Morgan fingerprint density at radius 2 is 1.20 bits per heavy atom. The number of benzene rings is 3. The molecule has 0 saturated heterocycles. The maximum Gasteiger partial charge on any atom is 0.195 e. The predicted octanol–water partition coefficient (Wildman–Crippen LogP) is 8.53. The third-order valence-corrected chi connectivity index (χ3v) is 7.80. The zero-order valence-electron chi connectivity index (χ0n) is 24.8. The lowest BCUT2D eigenvalue weighted by Crippen LogP contribution is -1.96. The molecule has 0 aliphatic carbocycles. The Hall–Kier alpha value is -3.99. The van der Waals surface area contributed by atoms with Gasteiger partial charge in [-0.15, -0.1) is 0 Å². The van der Waals surface area contributed by atoms with Crippen molar-refractivity contribution in [1.82, 2.24) is 0 Å². The van der Waals surface area contributed by atoms with E-state index in [1.54, 1.807) is 21.3 Å². The molecule has 5 rings (SSSR count). The van der Waals surface area contributed by atoms with Crippen molar-refractivity contribution in [3.05, 3.63) is 74.4 Å². The summed E-state index contributed by atoms with van der Waals surface area (Å²) in [4.78, 5) is 13.7. The molecular formula is C35H38O5. The van der Waals surface area contributed by atoms with Gasteiger partial charge in [-0.05, 0) is 85.7 Å². The number of hydrogen-bond donors (Lipinski definition) is 0. The van der Waals surface area contributed by atoms with Gasteiger partial charge in [0.1, 0.15) is 28.6 Å². The summed E-state index contributed by atoms with van der Waals surface area (Å²) in [7, 11) is 5.03. The molecule has 0 amide bonds. The molecule has 5 nitrogen and oxygen atoms in total. The number of ether oxygens (including phenoxy) is 3. The molecule has 1 heterocycles. The van der Waals surface area contributed by atoms with Crippen molar-refractivity contribution in [2.75, 3.05) is 21.3 Å². The molecule has 0 bridgehead atoms. The van der Waals surface area contributed by atoms with Gasteiger partial charge >= 0.3 is 0 Å². The van der Waals surface area contributed by atoms with Crippen molar-refractivity contribution in [2.45, 2.75) is 60.3 Å². The van der Waals surface area contributed by atoms with Crippen LogP contribution in [0, 0.1) is 20.8 Å². The monoisotopic (exact) mass is 538 g/mol. The van der Waals surface area contributed by atoms with Crippen molar-refractivity contribution in [3.8, 4) is 50.8 Å². The summed E-state index contributed by atoms with van der Waals surface area (Å²) in [6, 6.07) is 12.3. The van der Waals surface area contributed by atoms with Gasteiger partial charge in [-0.1, -0.05) is 44.4 Å². The number of aryl methyl sites for hydroxylation is 5. The van der Waals surface area contributed by atoms with E-state index in [1.807, 2.05) is 18.2 Å². The minimum absolute atomic E-state index is 0.0455. The topological polar surface area (TPSA) is 57.9 Å². The minimum Gasteiger partial charge on any atom is -0.496 e. The molecule has 0 aliphatic heterocycles. The van der Waals surface area contributed by atoms with Crippen molar-refractivity contribution in [1.29, 1.82) is 0 Å². The van der Waals surface area contributed by atoms with Crippen LogP contribution in [0.3, 0.4) is 0 Å². The van der Waals surface area contributed by atoms with Gasteiger partial charge < -0.3 is 18.6 Å². The molecule has 0 radical (unpaired) electrons. The van der Waals surface area contributed by atoms with E-state index in [9.17, 15) is 4.79 Å². The van der Waals surface area contributed by atoms with Crippen LogP contribution >= 0.6 is 0 Å². The first-order chi connectivity index (χ1) is 19.3. The van der Waals surface area contributed by atoms with Crippen molar-refractivity contribution >= 4 is 11.0 Å². The van der Waals surface area contributed by atoms with Gasteiger partial charge in [0.05, 0.1) is 26.9 Å². The Labute approximate surface area is 236 Å². The van der Waals surface area contributed by atoms with Gasteiger partial charge in [0.25, 0.3) is 0 Å². The van der Waals surface area contributed by atoms with Crippen LogP contribution in [-0.2, 0) is 12.8 Å². The molecule has 0 fully saturated rings. The summed E-state index contributed by atoms with van der Waals surface area (Å²) in [6.07, 6.45) is 3.69. The van der Waals surface area contributed by atoms with Crippen LogP contribution in [0.15, 0.2) is 45.6 Å². The molecule has 0 spiro atoms. The van der Waals surface area contributed by atoms with E-state index < -0.39 is 0 Å².